The van der Waals surface area contributed by atoms with Crippen molar-refractivity contribution in [2.75, 3.05) is 30.9 Å². The van der Waals surface area contributed by atoms with Crippen LogP contribution in [0.4, 0.5) is 21.9 Å². The van der Waals surface area contributed by atoms with Crippen molar-refractivity contribution >= 4 is 51.7 Å². The molecule has 0 aromatic heterocycles. The minimum Gasteiger partial charge on any atom is -0.339 e. The smallest absolute Gasteiger partial charge is 0.286 e. The molecule has 0 saturated carbocycles. The van der Waals surface area contributed by atoms with Crippen LogP contribution in [0, 0.1) is 0 Å². The van der Waals surface area contributed by atoms with E-state index in [0.717, 1.165) is 28.0 Å². The first-order chi connectivity index (χ1) is 15.0. The Bertz CT molecular complexity index is 1070. The molecular formula is C24H23N3O2S2. The molecule has 3 aromatic rings. The summed E-state index contributed by atoms with van der Waals surface area (Å²) in [5.74, 6) is -0.0847. The van der Waals surface area contributed by atoms with Gasteiger partial charge in [0, 0.05) is 41.7 Å². The molecule has 0 spiro atoms. The van der Waals surface area contributed by atoms with Crippen molar-refractivity contribution in [3.8, 4) is 0 Å². The number of thioether (sulfide) groups is 1. The molecule has 0 radical (unpaired) electrons. The third-order valence-electron chi connectivity index (χ3n) is 4.82. The molecule has 158 valence electrons. The van der Waals surface area contributed by atoms with Gasteiger partial charge in [-0.05, 0) is 48.2 Å². The van der Waals surface area contributed by atoms with E-state index in [4.69, 9.17) is 0 Å². The van der Waals surface area contributed by atoms with Crippen molar-refractivity contribution in [3.05, 3.63) is 72.8 Å². The number of hydrogen-bond acceptors (Lipinski definition) is 5. The van der Waals surface area contributed by atoms with Crippen LogP contribution in [-0.4, -0.2) is 36.7 Å². The molecule has 4 rings (SSSR count). The van der Waals surface area contributed by atoms with Gasteiger partial charge in [0.2, 0.25) is 5.91 Å². The van der Waals surface area contributed by atoms with E-state index in [1.165, 1.54) is 14.7 Å². The molecule has 0 unspecified atom stereocenters. The molecule has 0 fully saturated rings. The SMILES string of the molecule is CN(C)C(=O)Sc1ccccc1NC(=O)CCN1c2ccccc2Sc2ccccc21. The van der Waals surface area contributed by atoms with Crippen molar-refractivity contribution in [3.63, 3.8) is 0 Å². The molecule has 7 heteroatoms. The summed E-state index contributed by atoms with van der Waals surface area (Å²) in [6.07, 6.45) is 0.327. The topological polar surface area (TPSA) is 52.7 Å². The number of carbonyl (C=O) groups is 2. The van der Waals surface area contributed by atoms with Crippen LogP contribution in [0.25, 0.3) is 0 Å². The van der Waals surface area contributed by atoms with Gasteiger partial charge in [0.25, 0.3) is 5.24 Å². The monoisotopic (exact) mass is 449 g/mol. The van der Waals surface area contributed by atoms with Gasteiger partial charge in [-0.2, -0.15) is 0 Å². The molecule has 1 aliphatic heterocycles. The summed E-state index contributed by atoms with van der Waals surface area (Å²) < 4.78 is 0. The van der Waals surface area contributed by atoms with Crippen LogP contribution in [0.2, 0.25) is 0 Å². The van der Waals surface area contributed by atoms with Crippen LogP contribution in [-0.2, 0) is 4.79 Å². The van der Waals surface area contributed by atoms with Crippen LogP contribution in [0.5, 0.6) is 0 Å². The van der Waals surface area contributed by atoms with Gasteiger partial charge in [-0.25, -0.2) is 0 Å². The van der Waals surface area contributed by atoms with E-state index >= 15 is 0 Å². The van der Waals surface area contributed by atoms with Gasteiger partial charge in [-0.1, -0.05) is 48.2 Å². The predicted molar refractivity (Wildman–Crippen MR) is 129 cm³/mol. The number of rotatable bonds is 5. The van der Waals surface area contributed by atoms with Crippen LogP contribution < -0.4 is 10.2 Å². The van der Waals surface area contributed by atoms with E-state index in [9.17, 15) is 9.59 Å². The van der Waals surface area contributed by atoms with Gasteiger partial charge in [0.1, 0.15) is 0 Å². The second kappa shape index (κ2) is 9.49. The van der Waals surface area contributed by atoms with Crippen LogP contribution in [0.3, 0.4) is 0 Å². The molecule has 0 saturated heterocycles. The van der Waals surface area contributed by atoms with E-state index in [0.29, 0.717) is 18.7 Å². The third-order valence-corrected chi connectivity index (χ3v) is 7.06. The number of anilines is 3. The van der Waals surface area contributed by atoms with E-state index < -0.39 is 0 Å². The average molecular weight is 450 g/mol. The molecule has 31 heavy (non-hydrogen) atoms. The highest BCUT2D eigenvalue weighted by Crippen LogP contribution is 2.47. The molecule has 5 nitrogen and oxygen atoms in total. The van der Waals surface area contributed by atoms with Crippen molar-refractivity contribution < 1.29 is 9.59 Å². The van der Waals surface area contributed by atoms with E-state index in [-0.39, 0.29) is 11.1 Å². The molecule has 3 aromatic carbocycles. The lowest BCUT2D eigenvalue weighted by Crippen LogP contribution is -2.26. The van der Waals surface area contributed by atoms with Crippen LogP contribution >= 0.6 is 23.5 Å². The summed E-state index contributed by atoms with van der Waals surface area (Å²) in [5.41, 5.74) is 2.89. The zero-order valence-electron chi connectivity index (χ0n) is 17.4. The molecule has 1 heterocycles. The van der Waals surface area contributed by atoms with Gasteiger partial charge in [-0.15, -0.1) is 0 Å². The van der Waals surface area contributed by atoms with E-state index in [1.807, 2.05) is 48.5 Å². The summed E-state index contributed by atoms with van der Waals surface area (Å²) in [5, 5.41) is 2.90. The number of fused-ring (bicyclic) bond motifs is 2. The largest absolute Gasteiger partial charge is 0.339 e. The Morgan fingerprint density at radius 3 is 2.13 bits per heavy atom. The molecule has 1 N–H and O–H groups in total. The Labute approximate surface area is 190 Å². The first-order valence-corrected chi connectivity index (χ1v) is 11.6. The highest BCUT2D eigenvalue weighted by Gasteiger charge is 2.23. The first-order valence-electron chi connectivity index (χ1n) is 9.94. The van der Waals surface area contributed by atoms with Gasteiger partial charge in [-0.3, -0.25) is 9.59 Å². The molecule has 0 bridgehead atoms. The standard InChI is InChI=1S/C24H23N3O2S2/c1-26(2)24(29)31-20-12-6-3-9-17(20)25-23(28)15-16-27-18-10-4-7-13-21(18)30-22-14-8-5-11-19(22)27/h3-14H,15-16H2,1-2H3,(H,25,28). The molecule has 2 amide bonds. The van der Waals surface area contributed by atoms with E-state index in [1.54, 1.807) is 25.9 Å². The molecule has 0 aliphatic carbocycles. The number of carbonyl (C=O) groups excluding carboxylic acids is 2. The predicted octanol–water partition coefficient (Wildman–Crippen LogP) is 6.09. The summed E-state index contributed by atoms with van der Waals surface area (Å²) >= 11 is 2.86. The normalized spacial score (nSPS) is 12.0. The number of para-hydroxylation sites is 3. The third kappa shape index (κ3) is 4.89. The van der Waals surface area contributed by atoms with Gasteiger partial charge < -0.3 is 15.1 Å². The Hall–Kier alpha value is -2.90. The summed E-state index contributed by atoms with van der Waals surface area (Å²) in [7, 11) is 3.42. The van der Waals surface area contributed by atoms with Crippen molar-refractivity contribution in [1.82, 2.24) is 4.90 Å². The van der Waals surface area contributed by atoms with Crippen molar-refractivity contribution in [2.45, 2.75) is 21.1 Å². The maximum absolute atomic E-state index is 12.8. The number of amides is 2. The van der Waals surface area contributed by atoms with Crippen molar-refractivity contribution in [1.29, 1.82) is 0 Å². The van der Waals surface area contributed by atoms with Crippen LogP contribution in [0.15, 0.2) is 87.5 Å². The Morgan fingerprint density at radius 1 is 0.903 bits per heavy atom. The van der Waals surface area contributed by atoms with Gasteiger partial charge in [0.15, 0.2) is 0 Å². The summed E-state index contributed by atoms with van der Waals surface area (Å²) in [4.78, 5) is 31.7. The fourth-order valence-corrected chi connectivity index (χ4v) is 5.13. The lowest BCUT2D eigenvalue weighted by atomic mass is 10.2. The number of nitrogens with zero attached hydrogens (tertiary/aromatic N) is 2. The maximum atomic E-state index is 12.8. The zero-order chi connectivity index (χ0) is 21.8. The average Bonchev–Trinajstić information content (AvgIpc) is 2.77. The summed E-state index contributed by atoms with van der Waals surface area (Å²) in [6, 6.07) is 23.9. The maximum Gasteiger partial charge on any atom is 0.286 e. The Balaban J connectivity index is 1.48. The lowest BCUT2D eigenvalue weighted by Gasteiger charge is -2.32. The number of hydrogen-bond donors (Lipinski definition) is 1. The molecule has 0 atom stereocenters. The Kier molecular flexibility index (Phi) is 6.53. The molecule has 1 aliphatic rings. The van der Waals surface area contributed by atoms with Gasteiger partial charge in [0.05, 0.1) is 17.1 Å². The van der Waals surface area contributed by atoms with Crippen LogP contribution in [0.1, 0.15) is 6.42 Å². The second-order valence-electron chi connectivity index (χ2n) is 7.25. The zero-order valence-corrected chi connectivity index (χ0v) is 19.0. The lowest BCUT2D eigenvalue weighted by molar-refractivity contribution is -0.116. The second-order valence-corrected chi connectivity index (χ2v) is 9.32. The summed E-state index contributed by atoms with van der Waals surface area (Å²) in [6.45, 7) is 0.562. The Morgan fingerprint density at radius 2 is 1.48 bits per heavy atom. The minimum absolute atomic E-state index is 0.0827. The van der Waals surface area contributed by atoms with Gasteiger partial charge >= 0.3 is 0 Å². The highest BCUT2D eigenvalue weighted by molar-refractivity contribution is 8.13. The number of nitrogens with one attached hydrogen (secondary N) is 1. The fourth-order valence-electron chi connectivity index (χ4n) is 3.29. The van der Waals surface area contributed by atoms with Crippen molar-refractivity contribution in [2.24, 2.45) is 0 Å². The minimum atomic E-state index is -0.0847. The fraction of sp³-hybridized carbons (Fsp3) is 0.167. The van der Waals surface area contributed by atoms with E-state index in [2.05, 4.69) is 34.5 Å². The number of benzene rings is 3. The highest BCUT2D eigenvalue weighted by atomic mass is 32.2. The quantitative estimate of drug-likeness (QED) is 0.478. The molecular weight excluding hydrogens is 426 g/mol. The first kappa shape index (κ1) is 21.3.